The number of nitrogens with two attached hydrogens (primary N) is 2. The van der Waals surface area contributed by atoms with Crippen LogP contribution in [0.4, 0.5) is 97.0 Å². The number of Topliss-reactive ketones (excluding diaryl/α,β-unsaturated/α-hetero) is 3. The number of carbonyl (C=O) groups excluding carboxylic acids is 8. The zero-order valence-electron chi connectivity index (χ0n) is 73.7. The summed E-state index contributed by atoms with van der Waals surface area (Å²) < 4.78 is 307. The fourth-order valence-corrected chi connectivity index (χ4v) is 13.6. The number of alkyl halides is 17. The number of esters is 1. The number of ether oxygens (including phenoxy) is 2. The Morgan fingerprint density at radius 2 is 0.925 bits per heavy atom. The molecule has 0 aliphatic carbocycles. The van der Waals surface area contributed by atoms with Crippen LogP contribution in [0.1, 0.15) is 148 Å². The number of amides is 4. The zero-order valence-corrected chi connectivity index (χ0v) is 73.7. The third-order valence-electron chi connectivity index (χ3n) is 21.9. The van der Waals surface area contributed by atoms with Crippen LogP contribution in [0.5, 0.6) is 0 Å². The van der Waals surface area contributed by atoms with Gasteiger partial charge in [-0.1, -0.05) is 83.1 Å². The first-order valence-electron chi connectivity index (χ1n) is 40.1. The molecule has 0 aliphatic rings. The summed E-state index contributed by atoms with van der Waals surface area (Å²) in [6, 6.07) is 10.7. The molecule has 0 aliphatic heterocycles. The number of alkyl carbamates (subject to hydrolysis) is 1. The number of aliphatic hydroxyl groups is 2. The number of benzene rings is 4. The number of nitrogens with zero attached hydrogens (tertiary/aromatic N) is 8. The lowest BCUT2D eigenvalue weighted by Crippen LogP contribution is -2.57. The molecule has 10 N–H and O–H groups in total. The van der Waals surface area contributed by atoms with Crippen molar-refractivity contribution in [3.8, 4) is 22.4 Å². The normalized spacial score (nSPS) is 14.8. The van der Waals surface area contributed by atoms with Crippen molar-refractivity contribution in [3.05, 3.63) is 167 Å². The highest BCUT2D eigenvalue weighted by molar-refractivity contribution is 6.10. The first-order valence-corrected chi connectivity index (χ1v) is 40.1. The standard InChI is InChI=1S/C43H51F12N7O5.C43H50F9N7O7/c1-22(63)11-31(40(3,4)42(50,51)52)37(67)61-62(20-30-32(44)13-26(14-33(30)45)29(17-57)19-59-39(48)49)21-35(66)27(15-34(65)36(60-23(2)64)41(5,6)43(53,54)55)12-24-7-9-25(10-8-24)28(16-56)18-58-38(46)47;1-41(2,3)29(18-35(62)65-6)37(63)56-57(21-28-30(44)15-25(16-31(28)45)32-12-13-58(55-32)38(46)47)22-34(61)26(17-33(60)36(54-40(64)66-7)42(4,5)43(50,51)52)14-23-8-10-24(11-9-23)27-19-53-59(20-27)39(48)49/h7-10,13-14,16-19,27,31,35-36,38-39,66H,11-12,15,20-21,56-57H2,1-6H3,(H,60,64)(H,61,67);8-13,15-16,19-20,26,29,34,36,38-39,61H,14,17-18,21-22H2,1-7H3,(H,54,64)(H,56,63)/t27-,31-,35+,36-;26-,29-,34+,36-/m11/s1. The Bertz CT molecular complexity index is 5060. The molecule has 0 saturated heterocycles. The second kappa shape index (κ2) is 47.2. The number of methoxy groups -OCH3 is 2. The van der Waals surface area contributed by atoms with Crippen LogP contribution in [0.25, 0.3) is 33.5 Å². The van der Waals surface area contributed by atoms with Crippen LogP contribution in [0.15, 0.2) is 120 Å². The molecule has 734 valence electrons. The maximum atomic E-state index is 15.9. The summed E-state index contributed by atoms with van der Waals surface area (Å²) >= 11 is 0. The van der Waals surface area contributed by atoms with Gasteiger partial charge in [0.25, 0.3) is 0 Å². The molecule has 0 unspecified atom stereocenters. The van der Waals surface area contributed by atoms with E-state index >= 15 is 17.6 Å². The average Bonchev–Trinajstić information content (AvgIpc) is 1.48. The smallest absolute Gasteiger partial charge is 0.407 e. The molecule has 0 saturated carbocycles. The number of aromatic nitrogens is 4. The fraction of sp³-hybridized carbons (Fsp3) is 0.488. The average molecular weight is 1920 g/mol. The van der Waals surface area contributed by atoms with E-state index in [2.05, 4.69) is 35.8 Å². The number of hydrogen-bond acceptors (Lipinski definition) is 20. The van der Waals surface area contributed by atoms with Crippen molar-refractivity contribution in [2.75, 3.05) is 27.3 Å². The van der Waals surface area contributed by atoms with Gasteiger partial charge in [-0.3, -0.25) is 39.6 Å². The van der Waals surface area contributed by atoms with Crippen LogP contribution in [-0.2, 0) is 69.0 Å². The van der Waals surface area contributed by atoms with Gasteiger partial charge >= 0.3 is 56.8 Å². The van der Waals surface area contributed by atoms with Crippen LogP contribution in [0.3, 0.4) is 0 Å². The summed E-state index contributed by atoms with van der Waals surface area (Å²) in [6.45, 7) is -5.76. The topological polar surface area (TPSA) is 362 Å². The van der Waals surface area contributed by atoms with Crippen LogP contribution in [0.2, 0.25) is 0 Å². The first-order chi connectivity index (χ1) is 61.4. The van der Waals surface area contributed by atoms with E-state index in [9.17, 15) is 123 Å². The van der Waals surface area contributed by atoms with Gasteiger partial charge in [-0.25, -0.2) is 51.7 Å². The van der Waals surface area contributed by atoms with Gasteiger partial charge < -0.3 is 46.6 Å². The van der Waals surface area contributed by atoms with Gasteiger partial charge in [0.15, 0.2) is 11.6 Å². The Morgan fingerprint density at radius 3 is 1.29 bits per heavy atom. The number of rotatable bonds is 43. The highest BCUT2D eigenvalue weighted by atomic mass is 19.4. The van der Waals surface area contributed by atoms with Crippen molar-refractivity contribution in [2.45, 2.75) is 197 Å². The number of ketones is 3. The Balaban J connectivity index is 0.000000470. The molecule has 2 heterocycles. The predicted molar refractivity (Wildman–Crippen MR) is 441 cm³/mol. The number of carbonyl (C=O) groups is 8. The minimum absolute atomic E-state index is 0.0124. The first kappa shape index (κ1) is 112. The van der Waals surface area contributed by atoms with Crippen molar-refractivity contribution in [1.29, 1.82) is 0 Å². The number of aliphatic hydroxyl groups excluding tert-OH is 2. The lowest BCUT2D eigenvalue weighted by Gasteiger charge is -2.38. The van der Waals surface area contributed by atoms with Crippen molar-refractivity contribution in [2.24, 2.45) is 66.8 Å². The highest BCUT2D eigenvalue weighted by Gasteiger charge is 2.58. The Hall–Kier alpha value is -11.8. The Morgan fingerprint density at radius 1 is 0.511 bits per heavy atom. The Labute approximate surface area is 749 Å². The maximum Gasteiger partial charge on any atom is 0.407 e. The summed E-state index contributed by atoms with van der Waals surface area (Å²) in [5, 5.41) is 36.4. The summed E-state index contributed by atoms with van der Waals surface area (Å²) in [5.41, 5.74) is 4.39. The number of hydrazine groups is 2. The van der Waals surface area contributed by atoms with Crippen LogP contribution in [0, 0.1) is 68.6 Å². The van der Waals surface area contributed by atoms with Gasteiger partial charge in [-0.15, -0.1) is 0 Å². The summed E-state index contributed by atoms with van der Waals surface area (Å²) in [5.74, 6) is -19.4. The molecule has 26 nitrogen and oxygen atoms in total. The number of allylic oxidation sites excluding steroid dienone is 2. The quantitative estimate of drug-likeness (QED) is 0.00579. The third kappa shape index (κ3) is 31.4. The molecular formula is C86H101F21N14O12. The van der Waals surface area contributed by atoms with Crippen molar-refractivity contribution < 1.29 is 150 Å². The molecule has 6 aromatic rings. The third-order valence-corrected chi connectivity index (χ3v) is 21.9. The lowest BCUT2D eigenvalue weighted by molar-refractivity contribution is -0.230. The molecule has 8 atom stereocenters. The molecule has 6 rings (SSSR count). The maximum absolute atomic E-state index is 15.9. The van der Waals surface area contributed by atoms with E-state index in [1.54, 1.807) is 20.8 Å². The summed E-state index contributed by atoms with van der Waals surface area (Å²) in [7, 11) is 1.96. The van der Waals surface area contributed by atoms with Gasteiger partial charge in [0, 0.05) is 123 Å². The van der Waals surface area contributed by atoms with E-state index in [0.29, 0.717) is 92.5 Å². The number of hydrogen-bond donors (Lipinski definition) is 8. The van der Waals surface area contributed by atoms with Crippen molar-refractivity contribution in [3.63, 3.8) is 0 Å². The van der Waals surface area contributed by atoms with Gasteiger partial charge in [-0.05, 0) is 123 Å². The Kier molecular flexibility index (Phi) is 39.7. The highest BCUT2D eigenvalue weighted by Crippen LogP contribution is 2.47. The van der Waals surface area contributed by atoms with Crippen LogP contribution < -0.4 is 33.0 Å². The molecule has 47 heteroatoms. The molecule has 0 spiro atoms. The van der Waals surface area contributed by atoms with E-state index in [1.165, 1.54) is 54.7 Å². The van der Waals surface area contributed by atoms with Crippen molar-refractivity contribution in [1.82, 2.24) is 51.1 Å². The lowest BCUT2D eigenvalue weighted by atomic mass is 9.75. The zero-order chi connectivity index (χ0) is 101. The monoisotopic (exact) mass is 1920 g/mol. The van der Waals surface area contributed by atoms with Crippen LogP contribution >= 0.6 is 0 Å². The molecule has 2 aromatic heterocycles. The molecule has 4 aromatic carbocycles. The number of halogens is 21. The second-order valence-electron chi connectivity index (χ2n) is 33.7. The van der Waals surface area contributed by atoms with E-state index in [4.69, 9.17) is 16.2 Å². The van der Waals surface area contributed by atoms with E-state index in [-0.39, 0.29) is 39.1 Å². The molecule has 0 bridgehead atoms. The van der Waals surface area contributed by atoms with E-state index < -0.39 is 265 Å². The van der Waals surface area contributed by atoms with E-state index in [0.717, 1.165) is 76.1 Å². The molecule has 133 heavy (non-hydrogen) atoms. The van der Waals surface area contributed by atoms with Gasteiger partial charge in [0.05, 0.1) is 72.8 Å². The number of nitrogens with one attached hydrogen (secondary N) is 4. The predicted octanol–water partition coefficient (Wildman–Crippen LogP) is 15.5. The SMILES string of the molecule is CC(=O)C[C@H](C(=O)NN(Cc1c(F)cc(C(C=NC(F)F)=CN)cc1F)C[C@H](O)[C@@H](CC(=O)[C@@H](NC(C)=O)C(C)(C)C(F)(F)F)Cc1ccc(C(C=NC(F)F)=CN)cc1)C(C)(C)C(F)(F)F.COC(=O)C[C@H](C(=O)NN(Cc1c(F)cc(-c2ccn(C(F)F)n2)cc1F)C[C@H](O)[C@@H](CC(=O)[C@@H](NC(=O)OC)C(C)(C)C(F)(F)F)Cc1ccc(-c2cnn(C(F)F)c2)cc1)C(C)(C)C. The van der Waals surface area contributed by atoms with Gasteiger partial charge in [0.1, 0.15) is 41.1 Å². The fourth-order valence-electron chi connectivity index (χ4n) is 13.6. The minimum atomic E-state index is -5.13. The van der Waals surface area contributed by atoms with Crippen molar-refractivity contribution >= 4 is 70.7 Å². The minimum Gasteiger partial charge on any atom is -0.469 e. The summed E-state index contributed by atoms with van der Waals surface area (Å²) in [4.78, 5) is 111. The van der Waals surface area contributed by atoms with E-state index in [1.807, 2.05) is 10.6 Å². The van der Waals surface area contributed by atoms with Gasteiger partial charge in [0.2, 0.25) is 17.7 Å². The van der Waals surface area contributed by atoms with Crippen LogP contribution in [-0.4, -0.2) is 183 Å². The number of aliphatic imine (C=N–C) groups is 2. The summed E-state index contributed by atoms with van der Waals surface area (Å²) in [6.07, 6.45) is -18.6. The molecular weight excluding hydrogens is 1820 g/mol. The molecule has 0 fully saturated rings. The molecule has 0 radical (unpaired) electrons. The molecule has 4 amide bonds. The van der Waals surface area contributed by atoms with Gasteiger partial charge in [-0.2, -0.15) is 84.8 Å². The second-order valence-corrected chi connectivity index (χ2v) is 33.7. The largest absolute Gasteiger partial charge is 0.469 e.